The molecule has 0 saturated heterocycles. The summed E-state index contributed by atoms with van der Waals surface area (Å²) in [5.41, 5.74) is 1.61. The van der Waals surface area contributed by atoms with Crippen molar-refractivity contribution in [1.29, 1.82) is 0 Å². The lowest BCUT2D eigenvalue weighted by Crippen LogP contribution is -2.14. The van der Waals surface area contributed by atoms with E-state index in [0.29, 0.717) is 0 Å². The molecule has 0 aromatic heterocycles. The molecule has 0 bridgehead atoms. The maximum atomic E-state index is 2.53. The van der Waals surface area contributed by atoms with E-state index in [-0.39, 0.29) is 0 Å². The molecule has 0 amide bonds. The lowest BCUT2D eigenvalue weighted by molar-refractivity contribution is -0.520. The summed E-state index contributed by atoms with van der Waals surface area (Å²) >= 11 is 0. The van der Waals surface area contributed by atoms with E-state index in [4.69, 9.17) is 0 Å². The first-order valence-electron chi connectivity index (χ1n) is 4.42. The van der Waals surface area contributed by atoms with Crippen molar-refractivity contribution in [2.45, 2.75) is 39.5 Å². The largest absolute Gasteiger partial charge is 0.237 e. The molecule has 0 aliphatic carbocycles. The van der Waals surface area contributed by atoms with Crippen molar-refractivity contribution in [3.05, 3.63) is 0 Å². The number of rotatable bonds is 3. The molecule has 10 heavy (non-hydrogen) atoms. The zero-order valence-electron chi connectivity index (χ0n) is 7.19. The van der Waals surface area contributed by atoms with Crippen molar-refractivity contribution < 1.29 is 4.58 Å². The minimum atomic E-state index is 1.29. The van der Waals surface area contributed by atoms with Crippen LogP contribution >= 0.6 is 0 Å². The Balaban J connectivity index is 2.31. The van der Waals surface area contributed by atoms with Crippen LogP contribution in [0.25, 0.3) is 0 Å². The maximum absolute atomic E-state index is 2.53. The van der Waals surface area contributed by atoms with Gasteiger partial charge in [0, 0.05) is 26.2 Å². The van der Waals surface area contributed by atoms with Gasteiger partial charge in [0.25, 0.3) is 0 Å². The lowest BCUT2D eigenvalue weighted by atomic mass is 10.3. The molecule has 0 unspecified atom stereocenters. The van der Waals surface area contributed by atoms with E-state index in [1.54, 1.807) is 5.71 Å². The van der Waals surface area contributed by atoms with E-state index >= 15 is 0 Å². The molecule has 0 spiro atoms. The van der Waals surface area contributed by atoms with Gasteiger partial charge < -0.3 is 0 Å². The third kappa shape index (κ3) is 1.83. The Kier molecular flexibility index (Phi) is 2.91. The molecule has 0 saturated carbocycles. The highest BCUT2D eigenvalue weighted by atomic mass is 15.0. The van der Waals surface area contributed by atoms with Gasteiger partial charge >= 0.3 is 0 Å². The van der Waals surface area contributed by atoms with E-state index in [2.05, 4.69) is 18.4 Å². The van der Waals surface area contributed by atoms with E-state index in [1.165, 1.54) is 38.8 Å². The van der Waals surface area contributed by atoms with Gasteiger partial charge in [0.2, 0.25) is 0 Å². The van der Waals surface area contributed by atoms with Crippen LogP contribution < -0.4 is 0 Å². The topological polar surface area (TPSA) is 3.01 Å². The predicted octanol–water partition coefficient (Wildman–Crippen LogP) is 2.05. The third-order valence-electron chi connectivity index (χ3n) is 2.29. The summed E-state index contributed by atoms with van der Waals surface area (Å²) in [4.78, 5) is 0. The summed E-state index contributed by atoms with van der Waals surface area (Å²) in [5.74, 6) is 0. The highest BCUT2D eigenvalue weighted by molar-refractivity contribution is 5.77. The molecule has 1 aliphatic heterocycles. The summed E-state index contributed by atoms with van der Waals surface area (Å²) in [5, 5.41) is 0. The molecule has 58 valence electrons. The van der Waals surface area contributed by atoms with Crippen LogP contribution in [-0.4, -0.2) is 23.4 Å². The molecule has 1 nitrogen and oxygen atoms in total. The summed E-state index contributed by atoms with van der Waals surface area (Å²) < 4.78 is 2.53. The molecular weight excluding hydrogens is 122 g/mol. The molecule has 0 aromatic rings. The van der Waals surface area contributed by atoms with Crippen LogP contribution in [0.4, 0.5) is 0 Å². The van der Waals surface area contributed by atoms with Crippen molar-refractivity contribution in [2.24, 2.45) is 0 Å². The first kappa shape index (κ1) is 7.77. The van der Waals surface area contributed by atoms with Crippen molar-refractivity contribution >= 4 is 5.71 Å². The summed E-state index contributed by atoms with van der Waals surface area (Å²) in [6, 6.07) is 0. The van der Waals surface area contributed by atoms with E-state index in [1.807, 2.05) is 0 Å². The Hall–Kier alpha value is -0.330. The molecule has 1 rings (SSSR count). The van der Waals surface area contributed by atoms with Crippen molar-refractivity contribution in [2.75, 3.05) is 13.1 Å². The fourth-order valence-electron chi connectivity index (χ4n) is 1.53. The Labute approximate surface area is 63.8 Å². The normalized spacial score (nSPS) is 18.6. The summed E-state index contributed by atoms with van der Waals surface area (Å²) in [7, 11) is 0. The number of hydrogen-bond acceptors (Lipinski definition) is 0. The highest BCUT2D eigenvalue weighted by Gasteiger charge is 2.16. The number of nitrogens with zero attached hydrogens (tertiary/aromatic N) is 1. The smallest absolute Gasteiger partial charge is 0.149 e. The summed E-state index contributed by atoms with van der Waals surface area (Å²) in [6.07, 6.45) is 5.40. The van der Waals surface area contributed by atoms with Gasteiger partial charge in [-0.25, -0.2) is 4.58 Å². The van der Waals surface area contributed by atoms with Crippen LogP contribution in [0, 0.1) is 0 Å². The minimum absolute atomic E-state index is 1.29. The van der Waals surface area contributed by atoms with Gasteiger partial charge in [0.1, 0.15) is 18.8 Å². The Morgan fingerprint density at radius 1 is 1.50 bits per heavy atom. The molecule has 0 N–H and O–H groups in total. The molecule has 1 aliphatic rings. The van der Waals surface area contributed by atoms with Crippen molar-refractivity contribution in [3.8, 4) is 0 Å². The van der Waals surface area contributed by atoms with Gasteiger partial charge in [-0.15, -0.1) is 0 Å². The lowest BCUT2D eigenvalue weighted by Gasteiger charge is -1.96. The first-order valence-corrected chi connectivity index (χ1v) is 4.42. The second-order valence-electron chi connectivity index (χ2n) is 3.18. The fraction of sp³-hybridized carbons (Fsp3) is 0.889. The standard InChI is InChI=1S/C9H18N/c1-3-4-7-10-8-5-6-9(10)2/h3-8H2,1-2H3/q+1. The van der Waals surface area contributed by atoms with Gasteiger partial charge in [0.15, 0.2) is 0 Å². The molecule has 1 heterocycles. The molecule has 0 fully saturated rings. The van der Waals surface area contributed by atoms with Gasteiger partial charge in [0.05, 0.1) is 0 Å². The average molecular weight is 140 g/mol. The first-order chi connectivity index (χ1) is 4.84. The van der Waals surface area contributed by atoms with Gasteiger partial charge in [-0.05, 0) is 0 Å². The van der Waals surface area contributed by atoms with Crippen LogP contribution in [0.15, 0.2) is 0 Å². The monoisotopic (exact) mass is 140 g/mol. The van der Waals surface area contributed by atoms with Gasteiger partial charge in [-0.2, -0.15) is 0 Å². The Bertz CT molecular complexity index is 136. The zero-order chi connectivity index (χ0) is 7.40. The molecule has 1 heteroatoms. The quantitative estimate of drug-likeness (QED) is 0.528. The Morgan fingerprint density at radius 2 is 2.30 bits per heavy atom. The second kappa shape index (κ2) is 3.75. The maximum Gasteiger partial charge on any atom is 0.149 e. The molecule has 0 aromatic carbocycles. The van der Waals surface area contributed by atoms with Crippen molar-refractivity contribution in [3.63, 3.8) is 0 Å². The number of unbranched alkanes of at least 4 members (excludes halogenated alkanes) is 1. The highest BCUT2D eigenvalue weighted by Crippen LogP contribution is 2.04. The molecular formula is C9H18N+. The van der Waals surface area contributed by atoms with Crippen LogP contribution in [0.5, 0.6) is 0 Å². The van der Waals surface area contributed by atoms with Gasteiger partial charge in [-0.3, -0.25) is 0 Å². The van der Waals surface area contributed by atoms with Gasteiger partial charge in [-0.1, -0.05) is 13.3 Å². The van der Waals surface area contributed by atoms with E-state index in [0.717, 1.165) is 0 Å². The van der Waals surface area contributed by atoms with Crippen LogP contribution in [-0.2, 0) is 0 Å². The van der Waals surface area contributed by atoms with Crippen molar-refractivity contribution in [1.82, 2.24) is 0 Å². The molecule has 0 radical (unpaired) electrons. The third-order valence-corrected chi connectivity index (χ3v) is 2.29. The van der Waals surface area contributed by atoms with E-state index in [9.17, 15) is 0 Å². The predicted molar refractivity (Wildman–Crippen MR) is 44.8 cm³/mol. The zero-order valence-corrected chi connectivity index (χ0v) is 7.19. The minimum Gasteiger partial charge on any atom is -0.237 e. The van der Waals surface area contributed by atoms with Crippen LogP contribution in [0.1, 0.15) is 39.5 Å². The fourth-order valence-corrected chi connectivity index (χ4v) is 1.53. The molecule has 0 atom stereocenters. The van der Waals surface area contributed by atoms with E-state index < -0.39 is 0 Å². The second-order valence-corrected chi connectivity index (χ2v) is 3.18. The summed E-state index contributed by atoms with van der Waals surface area (Å²) in [6.45, 7) is 7.13. The number of hydrogen-bond donors (Lipinski definition) is 0. The SMILES string of the molecule is CCCC[N+]1=C(C)CCC1. The van der Waals surface area contributed by atoms with Crippen LogP contribution in [0.2, 0.25) is 0 Å². The average Bonchev–Trinajstić information content (AvgIpc) is 2.31. The van der Waals surface area contributed by atoms with Crippen LogP contribution in [0.3, 0.4) is 0 Å². The Morgan fingerprint density at radius 3 is 2.80 bits per heavy atom.